The summed E-state index contributed by atoms with van der Waals surface area (Å²) in [6.07, 6.45) is -1.11. The van der Waals surface area contributed by atoms with Gasteiger partial charge in [0.2, 0.25) is 0 Å². The van der Waals surface area contributed by atoms with E-state index in [-0.39, 0.29) is 29.8 Å². The molecule has 1 saturated heterocycles. The Morgan fingerprint density at radius 1 is 1.31 bits per heavy atom. The lowest BCUT2D eigenvalue weighted by Gasteiger charge is -2.10. The van der Waals surface area contributed by atoms with Crippen molar-refractivity contribution in [2.75, 3.05) is 0 Å². The fourth-order valence-electron chi connectivity index (χ4n) is 1.32. The third kappa shape index (κ3) is 2.29. The Bertz CT molecular complexity index is 198. The molecule has 76 valence electrons. The van der Waals surface area contributed by atoms with Crippen LogP contribution in [0.15, 0.2) is 0 Å². The smallest absolute Gasteiger partial charge is 0.166 e. The van der Waals surface area contributed by atoms with Gasteiger partial charge in [-0.15, -0.1) is 0 Å². The van der Waals surface area contributed by atoms with Crippen LogP contribution < -0.4 is 0 Å². The van der Waals surface area contributed by atoms with Gasteiger partial charge in [0.1, 0.15) is 12.2 Å². The minimum atomic E-state index is -0.507. The molecule has 1 aliphatic heterocycles. The Morgan fingerprint density at radius 3 is 2.23 bits per heavy atom. The van der Waals surface area contributed by atoms with Gasteiger partial charge >= 0.3 is 0 Å². The van der Waals surface area contributed by atoms with Gasteiger partial charge in [0, 0.05) is 5.92 Å². The van der Waals surface area contributed by atoms with Gasteiger partial charge in [-0.1, -0.05) is 27.7 Å². The van der Waals surface area contributed by atoms with Crippen molar-refractivity contribution in [1.29, 1.82) is 0 Å². The number of hydrogen-bond donors (Lipinski definition) is 1. The van der Waals surface area contributed by atoms with Crippen molar-refractivity contribution in [1.82, 2.24) is 0 Å². The molecule has 0 radical (unpaired) electrons. The fourth-order valence-corrected chi connectivity index (χ4v) is 1.32. The van der Waals surface area contributed by atoms with Crippen molar-refractivity contribution < 1.29 is 14.6 Å². The first-order chi connectivity index (χ1) is 5.95. The molecule has 1 N–H and O–H groups in total. The van der Waals surface area contributed by atoms with Crippen molar-refractivity contribution in [2.24, 2.45) is 11.8 Å². The number of Topliss-reactive ketones (excluding diaryl/α,β-unsaturated/α-hetero) is 1. The number of hydrogen-bond acceptors (Lipinski definition) is 3. The van der Waals surface area contributed by atoms with Gasteiger partial charge in [0.15, 0.2) is 5.78 Å². The highest BCUT2D eigenvalue weighted by atomic mass is 16.6. The summed E-state index contributed by atoms with van der Waals surface area (Å²) >= 11 is 0. The Labute approximate surface area is 79.1 Å². The maximum atomic E-state index is 11.4. The van der Waals surface area contributed by atoms with E-state index in [1.54, 1.807) is 0 Å². The summed E-state index contributed by atoms with van der Waals surface area (Å²) in [6.45, 7) is 7.54. The fraction of sp³-hybridized carbons (Fsp3) is 0.900. The first kappa shape index (κ1) is 10.7. The summed E-state index contributed by atoms with van der Waals surface area (Å²) < 4.78 is 5.16. The second kappa shape index (κ2) is 3.76. The molecule has 0 aromatic carbocycles. The number of ether oxygens (including phenoxy) is 1. The van der Waals surface area contributed by atoms with Gasteiger partial charge < -0.3 is 9.84 Å². The molecular formula is C10H18O3. The Kier molecular flexibility index (Phi) is 3.09. The average molecular weight is 186 g/mol. The highest BCUT2D eigenvalue weighted by molar-refractivity contribution is 5.87. The summed E-state index contributed by atoms with van der Waals surface area (Å²) in [5.74, 6) is 0.244. The van der Waals surface area contributed by atoms with Crippen LogP contribution in [0.1, 0.15) is 27.7 Å². The molecule has 0 saturated carbocycles. The summed E-state index contributed by atoms with van der Waals surface area (Å²) in [5.41, 5.74) is 0. The first-order valence-electron chi connectivity index (χ1n) is 4.82. The van der Waals surface area contributed by atoms with E-state index in [0.29, 0.717) is 0 Å². The highest BCUT2D eigenvalue weighted by Crippen LogP contribution is 2.31. The van der Waals surface area contributed by atoms with E-state index < -0.39 is 6.10 Å². The van der Waals surface area contributed by atoms with Crippen LogP contribution in [0.2, 0.25) is 0 Å². The molecule has 3 heteroatoms. The predicted molar refractivity (Wildman–Crippen MR) is 49.4 cm³/mol. The van der Waals surface area contributed by atoms with E-state index in [4.69, 9.17) is 4.74 Å². The van der Waals surface area contributed by atoms with E-state index in [1.165, 1.54) is 0 Å². The van der Waals surface area contributed by atoms with Crippen LogP contribution in [-0.4, -0.2) is 29.2 Å². The van der Waals surface area contributed by atoms with E-state index >= 15 is 0 Å². The molecule has 1 rings (SSSR count). The quantitative estimate of drug-likeness (QED) is 0.666. The lowest BCUT2D eigenvalue weighted by molar-refractivity contribution is -0.123. The lowest BCUT2D eigenvalue weighted by atomic mass is 9.97. The van der Waals surface area contributed by atoms with Crippen molar-refractivity contribution in [3.63, 3.8) is 0 Å². The number of aliphatic hydroxyl groups excluding tert-OH is 1. The number of epoxide rings is 1. The zero-order valence-electron chi connectivity index (χ0n) is 8.65. The molecule has 0 unspecified atom stereocenters. The average Bonchev–Trinajstić information content (AvgIpc) is 2.80. The SMILES string of the molecule is CC(C)C(=O)[C@@H]1O[C@@H]1[C@H](O)C(C)C. The third-order valence-corrected chi connectivity index (χ3v) is 2.39. The summed E-state index contributed by atoms with van der Waals surface area (Å²) in [5, 5.41) is 9.59. The molecule has 0 spiro atoms. The highest BCUT2D eigenvalue weighted by Gasteiger charge is 2.50. The van der Waals surface area contributed by atoms with E-state index in [2.05, 4.69) is 0 Å². The van der Waals surface area contributed by atoms with Gasteiger partial charge in [0.25, 0.3) is 0 Å². The molecule has 3 nitrogen and oxygen atoms in total. The van der Waals surface area contributed by atoms with Crippen LogP contribution in [0, 0.1) is 11.8 Å². The topological polar surface area (TPSA) is 49.8 Å². The first-order valence-corrected chi connectivity index (χ1v) is 4.82. The number of ketones is 1. The molecule has 1 fully saturated rings. The monoisotopic (exact) mass is 186 g/mol. The number of rotatable bonds is 4. The van der Waals surface area contributed by atoms with Crippen molar-refractivity contribution >= 4 is 5.78 Å². The van der Waals surface area contributed by atoms with E-state index in [1.807, 2.05) is 27.7 Å². The van der Waals surface area contributed by atoms with Crippen molar-refractivity contribution in [2.45, 2.75) is 46.0 Å². The molecule has 13 heavy (non-hydrogen) atoms. The third-order valence-electron chi connectivity index (χ3n) is 2.39. The summed E-state index contributed by atoms with van der Waals surface area (Å²) in [6, 6.07) is 0. The second-order valence-electron chi connectivity index (χ2n) is 4.31. The normalized spacial score (nSPS) is 29.5. The summed E-state index contributed by atoms with van der Waals surface area (Å²) in [4.78, 5) is 11.4. The maximum absolute atomic E-state index is 11.4. The number of carbonyl (C=O) groups is 1. The maximum Gasteiger partial charge on any atom is 0.166 e. The van der Waals surface area contributed by atoms with Crippen LogP contribution in [0.3, 0.4) is 0 Å². The van der Waals surface area contributed by atoms with E-state index in [9.17, 15) is 9.90 Å². The molecule has 0 bridgehead atoms. The zero-order valence-corrected chi connectivity index (χ0v) is 8.65. The van der Waals surface area contributed by atoms with Gasteiger partial charge in [0.05, 0.1) is 6.10 Å². The van der Waals surface area contributed by atoms with Gasteiger partial charge in [-0.3, -0.25) is 4.79 Å². The molecule has 1 heterocycles. The summed E-state index contributed by atoms with van der Waals surface area (Å²) in [7, 11) is 0. The number of aliphatic hydroxyl groups is 1. The minimum absolute atomic E-state index is 0.00522. The lowest BCUT2D eigenvalue weighted by Crippen LogP contribution is -2.27. The van der Waals surface area contributed by atoms with Crippen LogP contribution in [0.4, 0.5) is 0 Å². The molecule has 1 aliphatic rings. The predicted octanol–water partition coefficient (Wildman–Crippen LogP) is 0.996. The Balaban J connectivity index is 2.42. The Morgan fingerprint density at radius 2 is 1.85 bits per heavy atom. The second-order valence-corrected chi connectivity index (χ2v) is 4.31. The van der Waals surface area contributed by atoms with Gasteiger partial charge in [-0.25, -0.2) is 0 Å². The van der Waals surface area contributed by atoms with Crippen LogP contribution in [-0.2, 0) is 9.53 Å². The molecule has 0 aliphatic carbocycles. The molecule has 0 amide bonds. The molecule has 3 atom stereocenters. The standard InChI is InChI=1S/C10H18O3/c1-5(2)7(11)9-10(13-9)8(12)6(3)4/h5-7,9-11H,1-4H3/t7-,9-,10+/m1/s1. The Hall–Kier alpha value is -0.410. The van der Waals surface area contributed by atoms with Crippen LogP contribution in [0.25, 0.3) is 0 Å². The largest absolute Gasteiger partial charge is 0.390 e. The number of carbonyl (C=O) groups excluding carboxylic acids is 1. The van der Waals surface area contributed by atoms with E-state index in [0.717, 1.165) is 0 Å². The molecule has 0 aromatic rings. The van der Waals surface area contributed by atoms with Crippen molar-refractivity contribution in [3.8, 4) is 0 Å². The van der Waals surface area contributed by atoms with Crippen molar-refractivity contribution in [3.05, 3.63) is 0 Å². The van der Waals surface area contributed by atoms with Gasteiger partial charge in [-0.2, -0.15) is 0 Å². The van der Waals surface area contributed by atoms with Gasteiger partial charge in [-0.05, 0) is 5.92 Å². The van der Waals surface area contributed by atoms with Crippen LogP contribution >= 0.6 is 0 Å². The van der Waals surface area contributed by atoms with Crippen LogP contribution in [0.5, 0.6) is 0 Å². The minimum Gasteiger partial charge on any atom is -0.390 e. The molecular weight excluding hydrogens is 168 g/mol. The zero-order chi connectivity index (χ0) is 10.2. The molecule has 0 aromatic heterocycles.